The first-order chi connectivity index (χ1) is 11.8. The molecule has 1 aromatic carbocycles. The van der Waals surface area contributed by atoms with Crippen LogP contribution in [0.15, 0.2) is 17.1 Å². The van der Waals surface area contributed by atoms with Crippen LogP contribution in [0.5, 0.6) is 5.75 Å². The minimum atomic E-state index is -1.37. The van der Waals surface area contributed by atoms with E-state index in [1.165, 1.54) is 7.11 Å². The molecule has 8 heteroatoms. The third kappa shape index (κ3) is 3.74. The van der Waals surface area contributed by atoms with E-state index >= 15 is 0 Å². The Kier molecular flexibility index (Phi) is 5.63. The maximum Gasteiger partial charge on any atom is 0.341 e. The molecule has 0 spiro atoms. The quantitative estimate of drug-likeness (QED) is 0.704. The number of pyridine rings is 1. The molecule has 0 unspecified atom stereocenters. The fourth-order valence-electron chi connectivity index (χ4n) is 2.64. The predicted octanol–water partition coefficient (Wildman–Crippen LogP) is 1.81. The first kappa shape index (κ1) is 18.7. The Morgan fingerprint density at radius 2 is 2.16 bits per heavy atom. The maximum absolute atomic E-state index is 14.7. The van der Waals surface area contributed by atoms with Crippen molar-refractivity contribution in [3.63, 3.8) is 0 Å². The van der Waals surface area contributed by atoms with Crippen molar-refractivity contribution in [1.29, 1.82) is 0 Å². The highest BCUT2D eigenvalue weighted by atomic mass is 19.1. The molecule has 2 rings (SSSR count). The summed E-state index contributed by atoms with van der Waals surface area (Å²) in [5.74, 6) is -1.86. The third-order valence-electron chi connectivity index (χ3n) is 3.87. The number of carboxylic acid groups (broad SMARTS) is 1. The van der Waals surface area contributed by atoms with E-state index in [1.54, 1.807) is 11.9 Å². The summed E-state index contributed by atoms with van der Waals surface area (Å²) in [7, 11) is 3.10. The van der Waals surface area contributed by atoms with Gasteiger partial charge in [-0.15, -0.1) is 0 Å². The fraction of sp³-hybridized carbons (Fsp3) is 0.412. The number of benzene rings is 1. The SMILES string of the molecule is COc1c(N(C)CCNC(C)C)c(F)cc2c(=O)c(C(=O)O)c[nH]c12. The van der Waals surface area contributed by atoms with Gasteiger partial charge in [-0.3, -0.25) is 4.79 Å². The fourth-order valence-corrected chi connectivity index (χ4v) is 2.64. The van der Waals surface area contributed by atoms with Crippen LogP contribution in [0.25, 0.3) is 10.9 Å². The lowest BCUT2D eigenvalue weighted by molar-refractivity contribution is 0.0695. The number of hydrogen-bond donors (Lipinski definition) is 3. The number of aromatic amines is 1. The zero-order valence-electron chi connectivity index (χ0n) is 14.6. The van der Waals surface area contributed by atoms with E-state index in [9.17, 15) is 14.0 Å². The van der Waals surface area contributed by atoms with E-state index in [2.05, 4.69) is 10.3 Å². The molecule has 0 amide bonds. The molecule has 2 aromatic rings. The number of halogens is 1. The summed E-state index contributed by atoms with van der Waals surface area (Å²) in [6.45, 7) is 5.20. The second-order valence-electron chi connectivity index (χ2n) is 6.03. The molecule has 1 heterocycles. The van der Waals surface area contributed by atoms with Gasteiger partial charge in [0, 0.05) is 32.4 Å². The number of fused-ring (bicyclic) bond motifs is 1. The van der Waals surface area contributed by atoms with Crippen LogP contribution in [0.1, 0.15) is 24.2 Å². The van der Waals surface area contributed by atoms with Crippen molar-refractivity contribution in [1.82, 2.24) is 10.3 Å². The Morgan fingerprint density at radius 1 is 1.48 bits per heavy atom. The Hall–Kier alpha value is -2.61. The monoisotopic (exact) mass is 351 g/mol. The largest absolute Gasteiger partial charge is 0.492 e. The molecule has 0 saturated carbocycles. The molecule has 0 aliphatic rings. The minimum Gasteiger partial charge on any atom is -0.492 e. The van der Waals surface area contributed by atoms with Crippen molar-refractivity contribution < 1.29 is 19.0 Å². The average Bonchev–Trinajstić information content (AvgIpc) is 2.53. The molecule has 0 radical (unpaired) electrons. The summed E-state index contributed by atoms with van der Waals surface area (Å²) < 4.78 is 20.0. The number of likely N-dealkylation sites (N-methyl/N-ethyl adjacent to an activating group) is 1. The third-order valence-corrected chi connectivity index (χ3v) is 3.87. The minimum absolute atomic E-state index is 0.0632. The van der Waals surface area contributed by atoms with Crippen LogP contribution < -0.4 is 20.4 Å². The van der Waals surface area contributed by atoms with Gasteiger partial charge in [0.1, 0.15) is 11.3 Å². The normalized spacial score (nSPS) is 11.1. The molecule has 7 nitrogen and oxygen atoms in total. The van der Waals surface area contributed by atoms with Gasteiger partial charge in [0.25, 0.3) is 0 Å². The molecule has 0 aliphatic heterocycles. The van der Waals surface area contributed by atoms with Crippen molar-refractivity contribution in [2.45, 2.75) is 19.9 Å². The number of aromatic nitrogens is 1. The lowest BCUT2D eigenvalue weighted by atomic mass is 10.1. The molecule has 0 saturated heterocycles. The molecule has 3 N–H and O–H groups in total. The highest BCUT2D eigenvalue weighted by Gasteiger charge is 2.22. The summed E-state index contributed by atoms with van der Waals surface area (Å²) in [5, 5.41) is 12.2. The average molecular weight is 351 g/mol. The predicted molar refractivity (Wildman–Crippen MR) is 94.4 cm³/mol. The Labute approximate surface area is 144 Å². The lowest BCUT2D eigenvalue weighted by Gasteiger charge is -2.24. The standard InChI is InChI=1S/C17H22FN3O4/c1-9(2)19-5-6-21(3)14-12(18)7-10-13(16(14)25-4)20-8-11(15(10)22)17(23)24/h7-9,19H,5-6H2,1-4H3,(H,20,22)(H,23,24). The number of H-pyrrole nitrogens is 1. The Morgan fingerprint density at radius 3 is 2.72 bits per heavy atom. The number of nitrogens with zero attached hydrogens (tertiary/aromatic N) is 1. The van der Waals surface area contributed by atoms with Crippen LogP contribution in [0.4, 0.5) is 10.1 Å². The number of carbonyl (C=O) groups is 1. The molecule has 1 aromatic heterocycles. The van der Waals surface area contributed by atoms with E-state index in [1.807, 2.05) is 13.8 Å². The summed E-state index contributed by atoms with van der Waals surface area (Å²) >= 11 is 0. The summed E-state index contributed by atoms with van der Waals surface area (Å²) in [4.78, 5) is 27.8. The number of hydrogen-bond acceptors (Lipinski definition) is 5. The van der Waals surface area contributed by atoms with Gasteiger partial charge < -0.3 is 25.0 Å². The van der Waals surface area contributed by atoms with Gasteiger partial charge in [-0.2, -0.15) is 0 Å². The van der Waals surface area contributed by atoms with Crippen LogP contribution in [0.3, 0.4) is 0 Å². The summed E-state index contributed by atoms with van der Waals surface area (Å²) in [6, 6.07) is 1.35. The number of nitrogens with one attached hydrogen (secondary N) is 2. The Balaban J connectivity index is 2.55. The van der Waals surface area contributed by atoms with Crippen LogP contribution >= 0.6 is 0 Å². The number of ether oxygens (including phenoxy) is 1. The zero-order chi connectivity index (χ0) is 18.7. The number of methoxy groups -OCH3 is 1. The molecule has 0 aliphatic carbocycles. The number of aromatic carboxylic acids is 1. The van der Waals surface area contributed by atoms with Crippen LogP contribution in [0, 0.1) is 5.82 Å². The van der Waals surface area contributed by atoms with Crippen molar-refractivity contribution in [3.8, 4) is 5.75 Å². The summed E-state index contributed by atoms with van der Waals surface area (Å²) in [5.41, 5.74) is -0.734. The first-order valence-corrected chi connectivity index (χ1v) is 7.87. The van der Waals surface area contributed by atoms with Gasteiger partial charge >= 0.3 is 5.97 Å². The van der Waals surface area contributed by atoms with Crippen LogP contribution in [-0.2, 0) is 0 Å². The van der Waals surface area contributed by atoms with Crippen LogP contribution in [-0.4, -0.2) is 49.3 Å². The second kappa shape index (κ2) is 7.52. The maximum atomic E-state index is 14.7. The molecular weight excluding hydrogens is 329 g/mol. The highest BCUT2D eigenvalue weighted by molar-refractivity contribution is 5.96. The van der Waals surface area contributed by atoms with Crippen molar-refractivity contribution in [3.05, 3.63) is 33.9 Å². The highest BCUT2D eigenvalue weighted by Crippen LogP contribution is 2.36. The van der Waals surface area contributed by atoms with Crippen molar-refractivity contribution >= 4 is 22.6 Å². The van der Waals surface area contributed by atoms with E-state index < -0.39 is 22.8 Å². The molecular formula is C17H22FN3O4. The number of rotatable bonds is 7. The Bertz CT molecular complexity index is 848. The number of anilines is 1. The van der Waals surface area contributed by atoms with Gasteiger partial charge in [0.2, 0.25) is 5.43 Å². The van der Waals surface area contributed by atoms with Gasteiger partial charge in [-0.05, 0) is 6.07 Å². The molecule has 25 heavy (non-hydrogen) atoms. The smallest absolute Gasteiger partial charge is 0.341 e. The zero-order valence-corrected chi connectivity index (χ0v) is 14.6. The van der Waals surface area contributed by atoms with Crippen molar-refractivity contribution in [2.24, 2.45) is 0 Å². The second-order valence-corrected chi connectivity index (χ2v) is 6.03. The van der Waals surface area contributed by atoms with Gasteiger partial charge in [-0.1, -0.05) is 13.8 Å². The first-order valence-electron chi connectivity index (χ1n) is 7.87. The van der Waals surface area contributed by atoms with E-state index in [0.29, 0.717) is 19.1 Å². The van der Waals surface area contributed by atoms with Gasteiger partial charge in [-0.25, -0.2) is 9.18 Å². The summed E-state index contributed by atoms with van der Waals surface area (Å²) in [6.07, 6.45) is 1.09. The molecule has 0 fully saturated rings. The lowest BCUT2D eigenvalue weighted by Crippen LogP contribution is -2.33. The van der Waals surface area contributed by atoms with Gasteiger partial charge in [0.15, 0.2) is 11.6 Å². The topological polar surface area (TPSA) is 94.7 Å². The number of carboxylic acids is 1. The molecule has 0 atom stereocenters. The molecule has 0 bridgehead atoms. The van der Waals surface area contributed by atoms with Crippen molar-refractivity contribution in [2.75, 3.05) is 32.1 Å². The van der Waals surface area contributed by atoms with Gasteiger partial charge in [0.05, 0.1) is 18.0 Å². The van der Waals surface area contributed by atoms with E-state index in [-0.39, 0.29) is 22.3 Å². The van der Waals surface area contributed by atoms with E-state index in [4.69, 9.17) is 9.84 Å². The van der Waals surface area contributed by atoms with Crippen LogP contribution in [0.2, 0.25) is 0 Å². The van der Waals surface area contributed by atoms with E-state index in [0.717, 1.165) is 12.3 Å². The molecule has 136 valence electrons.